The van der Waals surface area contributed by atoms with Crippen LogP contribution in [0.4, 0.5) is 0 Å². The molecular weight excluding hydrogens is 148 g/mol. The Bertz CT molecular complexity index is 188. The molecule has 2 heteroatoms. The van der Waals surface area contributed by atoms with E-state index in [-0.39, 0.29) is 0 Å². The Hall–Kier alpha value is -0.340. The standard InChI is InChI=1S/C10H18N2/c1-11-10-5-3-4-8-6-12(2)7-9(8)10/h3-4,8-11H,5-7H2,1-2H3. The maximum Gasteiger partial charge on any atom is 0.0145 e. The fraction of sp³-hybridized carbons (Fsp3) is 0.800. The molecule has 2 aliphatic rings. The molecule has 3 unspecified atom stereocenters. The predicted molar refractivity (Wildman–Crippen MR) is 51.1 cm³/mol. The third-order valence-corrected chi connectivity index (χ3v) is 3.26. The third kappa shape index (κ3) is 1.29. The van der Waals surface area contributed by atoms with Crippen molar-refractivity contribution in [3.05, 3.63) is 12.2 Å². The van der Waals surface area contributed by atoms with E-state index >= 15 is 0 Å². The Labute approximate surface area is 74.6 Å². The molecule has 1 saturated heterocycles. The Morgan fingerprint density at radius 2 is 2.25 bits per heavy atom. The van der Waals surface area contributed by atoms with E-state index < -0.39 is 0 Å². The average molecular weight is 166 g/mol. The van der Waals surface area contributed by atoms with E-state index in [0.29, 0.717) is 6.04 Å². The lowest BCUT2D eigenvalue weighted by atomic mass is 9.83. The smallest absolute Gasteiger partial charge is 0.0145 e. The van der Waals surface area contributed by atoms with Crippen LogP contribution in [-0.2, 0) is 0 Å². The monoisotopic (exact) mass is 166 g/mol. The first-order valence-electron chi connectivity index (χ1n) is 4.83. The molecule has 1 fully saturated rings. The summed E-state index contributed by atoms with van der Waals surface area (Å²) in [6, 6.07) is 0.713. The van der Waals surface area contributed by atoms with Crippen molar-refractivity contribution in [1.29, 1.82) is 0 Å². The van der Waals surface area contributed by atoms with Crippen LogP contribution in [0, 0.1) is 11.8 Å². The van der Waals surface area contributed by atoms with Gasteiger partial charge in [-0.25, -0.2) is 0 Å². The molecule has 1 aliphatic carbocycles. The number of likely N-dealkylation sites (tertiary alicyclic amines) is 1. The van der Waals surface area contributed by atoms with E-state index in [4.69, 9.17) is 0 Å². The first-order chi connectivity index (χ1) is 5.81. The normalized spacial score (nSPS) is 41.7. The molecule has 0 spiro atoms. The molecule has 0 saturated carbocycles. The fourth-order valence-corrected chi connectivity index (χ4v) is 2.60. The minimum atomic E-state index is 0.713. The zero-order valence-corrected chi connectivity index (χ0v) is 7.96. The molecular formula is C10H18N2. The van der Waals surface area contributed by atoms with Crippen molar-refractivity contribution in [2.24, 2.45) is 11.8 Å². The lowest BCUT2D eigenvalue weighted by Gasteiger charge is -2.28. The maximum absolute atomic E-state index is 3.42. The molecule has 0 aromatic heterocycles. The van der Waals surface area contributed by atoms with Crippen LogP contribution in [0.5, 0.6) is 0 Å². The molecule has 1 aliphatic heterocycles. The van der Waals surface area contributed by atoms with Gasteiger partial charge in [-0.3, -0.25) is 0 Å². The molecule has 3 atom stereocenters. The number of hydrogen-bond acceptors (Lipinski definition) is 2. The van der Waals surface area contributed by atoms with E-state index in [9.17, 15) is 0 Å². The molecule has 2 rings (SSSR count). The Morgan fingerprint density at radius 1 is 1.42 bits per heavy atom. The second-order valence-corrected chi connectivity index (χ2v) is 4.11. The zero-order valence-electron chi connectivity index (χ0n) is 7.96. The summed E-state index contributed by atoms with van der Waals surface area (Å²) in [4.78, 5) is 2.44. The van der Waals surface area contributed by atoms with Crippen LogP contribution in [0.15, 0.2) is 12.2 Å². The highest BCUT2D eigenvalue weighted by Crippen LogP contribution is 2.31. The van der Waals surface area contributed by atoms with Gasteiger partial charge in [-0.1, -0.05) is 12.2 Å². The zero-order chi connectivity index (χ0) is 8.55. The van der Waals surface area contributed by atoms with Gasteiger partial charge in [-0.05, 0) is 32.4 Å². The summed E-state index contributed by atoms with van der Waals surface area (Å²) in [6.45, 7) is 2.51. The van der Waals surface area contributed by atoms with Gasteiger partial charge in [-0.15, -0.1) is 0 Å². The van der Waals surface area contributed by atoms with E-state index in [1.165, 1.54) is 19.5 Å². The Morgan fingerprint density at radius 3 is 3.00 bits per heavy atom. The number of nitrogens with one attached hydrogen (secondary N) is 1. The summed E-state index contributed by atoms with van der Waals surface area (Å²) in [7, 11) is 4.30. The summed E-state index contributed by atoms with van der Waals surface area (Å²) >= 11 is 0. The van der Waals surface area contributed by atoms with Crippen LogP contribution < -0.4 is 5.32 Å². The highest BCUT2D eigenvalue weighted by Gasteiger charge is 2.35. The first kappa shape index (κ1) is 8.27. The van der Waals surface area contributed by atoms with Crippen molar-refractivity contribution < 1.29 is 0 Å². The average Bonchev–Trinajstić information content (AvgIpc) is 2.44. The van der Waals surface area contributed by atoms with E-state index in [0.717, 1.165) is 11.8 Å². The fourth-order valence-electron chi connectivity index (χ4n) is 2.60. The number of fused-ring (bicyclic) bond motifs is 1. The molecule has 12 heavy (non-hydrogen) atoms. The van der Waals surface area contributed by atoms with Crippen molar-refractivity contribution in [2.45, 2.75) is 12.5 Å². The SMILES string of the molecule is CNC1CC=CC2CN(C)CC21. The lowest BCUT2D eigenvalue weighted by molar-refractivity contribution is 0.324. The van der Waals surface area contributed by atoms with Crippen LogP contribution in [0.25, 0.3) is 0 Å². The predicted octanol–water partition coefficient (Wildman–Crippen LogP) is 0.712. The van der Waals surface area contributed by atoms with Gasteiger partial charge in [0, 0.05) is 19.1 Å². The van der Waals surface area contributed by atoms with Gasteiger partial charge in [0.1, 0.15) is 0 Å². The van der Waals surface area contributed by atoms with Crippen LogP contribution in [0.3, 0.4) is 0 Å². The van der Waals surface area contributed by atoms with Crippen molar-refractivity contribution in [3.8, 4) is 0 Å². The van der Waals surface area contributed by atoms with Crippen LogP contribution in [0.2, 0.25) is 0 Å². The number of rotatable bonds is 1. The molecule has 0 radical (unpaired) electrons. The number of hydrogen-bond donors (Lipinski definition) is 1. The summed E-state index contributed by atoms with van der Waals surface area (Å²) in [6.07, 6.45) is 5.95. The van der Waals surface area contributed by atoms with Gasteiger partial charge in [0.2, 0.25) is 0 Å². The van der Waals surface area contributed by atoms with Gasteiger partial charge in [0.15, 0.2) is 0 Å². The van der Waals surface area contributed by atoms with E-state index in [1.807, 2.05) is 0 Å². The van der Waals surface area contributed by atoms with Crippen LogP contribution in [0.1, 0.15) is 6.42 Å². The molecule has 1 heterocycles. The quantitative estimate of drug-likeness (QED) is 0.577. The minimum absolute atomic E-state index is 0.713. The molecule has 2 nitrogen and oxygen atoms in total. The van der Waals surface area contributed by atoms with Crippen molar-refractivity contribution in [3.63, 3.8) is 0 Å². The minimum Gasteiger partial charge on any atom is -0.316 e. The van der Waals surface area contributed by atoms with Gasteiger partial charge < -0.3 is 10.2 Å². The topological polar surface area (TPSA) is 15.3 Å². The highest BCUT2D eigenvalue weighted by atomic mass is 15.1. The lowest BCUT2D eigenvalue weighted by Crippen LogP contribution is -2.38. The van der Waals surface area contributed by atoms with Gasteiger partial charge in [-0.2, -0.15) is 0 Å². The summed E-state index contributed by atoms with van der Waals surface area (Å²) in [5, 5.41) is 3.42. The largest absolute Gasteiger partial charge is 0.316 e. The Kier molecular flexibility index (Phi) is 2.20. The molecule has 0 aromatic rings. The van der Waals surface area contributed by atoms with Gasteiger partial charge in [0.25, 0.3) is 0 Å². The number of nitrogens with zero attached hydrogens (tertiary/aromatic N) is 1. The maximum atomic E-state index is 3.42. The molecule has 0 bridgehead atoms. The van der Waals surface area contributed by atoms with Gasteiger partial charge in [0.05, 0.1) is 0 Å². The summed E-state index contributed by atoms with van der Waals surface area (Å²) in [5.41, 5.74) is 0. The molecule has 1 N–H and O–H groups in total. The van der Waals surface area contributed by atoms with Crippen molar-refractivity contribution in [2.75, 3.05) is 27.2 Å². The highest BCUT2D eigenvalue weighted by molar-refractivity contribution is 5.07. The Balaban J connectivity index is 2.10. The summed E-state index contributed by atoms with van der Waals surface area (Å²) in [5.74, 6) is 1.66. The molecule has 68 valence electrons. The second kappa shape index (κ2) is 3.19. The van der Waals surface area contributed by atoms with E-state index in [2.05, 4.69) is 36.5 Å². The molecule has 0 amide bonds. The van der Waals surface area contributed by atoms with Gasteiger partial charge >= 0.3 is 0 Å². The van der Waals surface area contributed by atoms with Crippen LogP contribution >= 0.6 is 0 Å². The van der Waals surface area contributed by atoms with Crippen molar-refractivity contribution >= 4 is 0 Å². The van der Waals surface area contributed by atoms with E-state index in [1.54, 1.807) is 0 Å². The van der Waals surface area contributed by atoms with Crippen LogP contribution in [-0.4, -0.2) is 38.1 Å². The third-order valence-electron chi connectivity index (χ3n) is 3.26. The first-order valence-corrected chi connectivity index (χ1v) is 4.83. The van der Waals surface area contributed by atoms with Crippen molar-refractivity contribution in [1.82, 2.24) is 10.2 Å². The second-order valence-electron chi connectivity index (χ2n) is 4.11. The molecule has 0 aromatic carbocycles. The summed E-state index contributed by atoms with van der Waals surface area (Å²) < 4.78 is 0.